The number of hydrogen-bond donors (Lipinski definition) is 6. The van der Waals surface area contributed by atoms with Gasteiger partial charge in [-0.25, -0.2) is 0 Å². The number of para-hydroxylation sites is 2. The van der Waals surface area contributed by atoms with Crippen molar-refractivity contribution in [3.05, 3.63) is 66.0 Å². The van der Waals surface area contributed by atoms with Gasteiger partial charge in [-0.2, -0.15) is 15.0 Å². The quantitative estimate of drug-likeness (QED) is 0.339. The lowest BCUT2D eigenvalue weighted by molar-refractivity contribution is 0.0951. The summed E-state index contributed by atoms with van der Waals surface area (Å²) in [6.45, 7) is 0. The molecular formula is C17H15N7O4. The van der Waals surface area contributed by atoms with Gasteiger partial charge in [0.15, 0.2) is 0 Å². The Hall–Kier alpha value is -4.41. The van der Waals surface area contributed by atoms with Crippen molar-refractivity contribution in [1.82, 2.24) is 25.8 Å². The number of nitrogens with one attached hydrogen (secondary N) is 4. The molecule has 2 aromatic carbocycles. The molecule has 3 rings (SSSR count). The number of benzene rings is 2. The first kappa shape index (κ1) is 18.4. The number of hydrazine groups is 2. The highest BCUT2D eigenvalue weighted by Gasteiger charge is 2.12. The van der Waals surface area contributed by atoms with E-state index in [0.29, 0.717) is 0 Å². The molecule has 6 N–H and O–H groups in total. The number of hydrogen-bond acceptors (Lipinski definition) is 9. The van der Waals surface area contributed by atoms with Gasteiger partial charge in [0, 0.05) is 0 Å². The summed E-state index contributed by atoms with van der Waals surface area (Å²) in [7, 11) is 0. The molecular weight excluding hydrogens is 366 g/mol. The lowest BCUT2D eigenvalue weighted by atomic mass is 10.2. The summed E-state index contributed by atoms with van der Waals surface area (Å²) >= 11 is 0. The van der Waals surface area contributed by atoms with Crippen molar-refractivity contribution in [2.45, 2.75) is 0 Å². The molecule has 3 aromatic rings. The number of phenolic OH excluding ortho intramolecular Hbond substituents is 2. The van der Waals surface area contributed by atoms with Crippen molar-refractivity contribution in [2.75, 3.05) is 10.9 Å². The third kappa shape index (κ3) is 4.40. The van der Waals surface area contributed by atoms with Crippen LogP contribution in [0.5, 0.6) is 11.5 Å². The molecule has 0 atom stereocenters. The fraction of sp³-hybridized carbons (Fsp3) is 0. The van der Waals surface area contributed by atoms with Crippen LogP contribution < -0.4 is 21.7 Å². The second-order valence-electron chi connectivity index (χ2n) is 5.33. The van der Waals surface area contributed by atoms with E-state index >= 15 is 0 Å². The number of aromatic hydroxyl groups is 2. The van der Waals surface area contributed by atoms with Gasteiger partial charge >= 0.3 is 0 Å². The molecule has 0 spiro atoms. The van der Waals surface area contributed by atoms with Crippen LogP contribution in [0.2, 0.25) is 0 Å². The monoisotopic (exact) mass is 381 g/mol. The molecule has 0 bridgehead atoms. The second kappa shape index (κ2) is 8.31. The minimum atomic E-state index is -0.596. The number of nitrogens with zero attached hydrogens (tertiary/aromatic N) is 3. The molecule has 0 unspecified atom stereocenters. The molecule has 28 heavy (non-hydrogen) atoms. The van der Waals surface area contributed by atoms with Crippen molar-refractivity contribution in [1.29, 1.82) is 0 Å². The van der Waals surface area contributed by atoms with Crippen molar-refractivity contribution >= 4 is 23.7 Å². The Kier molecular flexibility index (Phi) is 5.46. The van der Waals surface area contributed by atoms with E-state index in [2.05, 4.69) is 36.7 Å². The van der Waals surface area contributed by atoms with Gasteiger partial charge in [-0.05, 0) is 24.3 Å². The fourth-order valence-corrected chi connectivity index (χ4v) is 2.11. The Balaban J connectivity index is 1.58. The molecule has 1 heterocycles. The number of aromatic nitrogens is 3. The second-order valence-corrected chi connectivity index (χ2v) is 5.33. The predicted molar refractivity (Wildman–Crippen MR) is 98.2 cm³/mol. The first-order valence-corrected chi connectivity index (χ1v) is 7.92. The molecule has 2 amide bonds. The maximum absolute atomic E-state index is 12.0. The summed E-state index contributed by atoms with van der Waals surface area (Å²) in [5.74, 6) is -1.57. The summed E-state index contributed by atoms with van der Waals surface area (Å²) in [6.07, 6.45) is 1.15. The van der Waals surface area contributed by atoms with Crippen LogP contribution in [0.3, 0.4) is 0 Å². The number of rotatable bonds is 6. The summed E-state index contributed by atoms with van der Waals surface area (Å²) in [5, 5.41) is 19.3. The average Bonchev–Trinajstić information content (AvgIpc) is 2.71. The lowest BCUT2D eigenvalue weighted by Gasteiger charge is -2.10. The standard InChI is InChI=1S/C17H15N7O4/c25-12-7-3-1-5-10(12)14(27)21-23-16-18-9-19-17(20-16)24-22-15(28)11-6-2-4-8-13(11)26/h1-9,25-26H,(H,21,27)(H,22,28)(H2,18,19,20,23,24). The summed E-state index contributed by atoms with van der Waals surface area (Å²) in [4.78, 5) is 35.7. The molecule has 0 saturated carbocycles. The predicted octanol–water partition coefficient (Wildman–Crippen LogP) is 0.797. The van der Waals surface area contributed by atoms with Gasteiger partial charge in [-0.1, -0.05) is 24.3 Å². The zero-order chi connectivity index (χ0) is 19.9. The summed E-state index contributed by atoms with van der Waals surface area (Å²) in [6, 6.07) is 12.0. The normalized spacial score (nSPS) is 10.0. The minimum Gasteiger partial charge on any atom is -0.507 e. The lowest BCUT2D eigenvalue weighted by Crippen LogP contribution is -2.32. The van der Waals surface area contributed by atoms with Gasteiger partial charge < -0.3 is 10.2 Å². The highest BCUT2D eigenvalue weighted by Crippen LogP contribution is 2.16. The van der Waals surface area contributed by atoms with Crippen LogP contribution in [0.1, 0.15) is 20.7 Å². The van der Waals surface area contributed by atoms with Gasteiger partial charge in [0.05, 0.1) is 11.1 Å². The van der Waals surface area contributed by atoms with Crippen molar-refractivity contribution in [3.63, 3.8) is 0 Å². The van der Waals surface area contributed by atoms with Gasteiger partial charge in [-0.15, -0.1) is 0 Å². The summed E-state index contributed by atoms with van der Waals surface area (Å²) < 4.78 is 0. The first-order valence-electron chi connectivity index (χ1n) is 7.92. The molecule has 11 heteroatoms. The molecule has 0 fully saturated rings. The summed E-state index contributed by atoms with van der Waals surface area (Å²) in [5.41, 5.74) is 9.74. The fourth-order valence-electron chi connectivity index (χ4n) is 2.11. The number of anilines is 2. The van der Waals surface area contributed by atoms with Crippen molar-refractivity contribution in [3.8, 4) is 11.5 Å². The average molecular weight is 381 g/mol. The zero-order valence-corrected chi connectivity index (χ0v) is 14.2. The highest BCUT2D eigenvalue weighted by atomic mass is 16.3. The number of phenols is 2. The maximum Gasteiger partial charge on any atom is 0.273 e. The molecule has 0 saturated heterocycles. The Morgan fingerprint density at radius 2 is 1.14 bits per heavy atom. The highest BCUT2D eigenvalue weighted by molar-refractivity contribution is 5.97. The van der Waals surface area contributed by atoms with Gasteiger partial charge in [0.1, 0.15) is 17.8 Å². The number of carbonyl (C=O) groups excluding carboxylic acids is 2. The van der Waals surface area contributed by atoms with Crippen LogP contribution in [-0.4, -0.2) is 37.0 Å². The van der Waals surface area contributed by atoms with E-state index < -0.39 is 11.8 Å². The Labute approximate surface area is 158 Å². The van der Waals surface area contributed by atoms with E-state index in [-0.39, 0.29) is 34.5 Å². The van der Waals surface area contributed by atoms with Crippen molar-refractivity contribution in [2.24, 2.45) is 0 Å². The molecule has 0 aliphatic carbocycles. The molecule has 11 nitrogen and oxygen atoms in total. The minimum absolute atomic E-state index is 0.0157. The van der Waals surface area contributed by atoms with E-state index in [0.717, 1.165) is 6.33 Å². The largest absolute Gasteiger partial charge is 0.507 e. The molecule has 0 aliphatic rings. The number of carbonyl (C=O) groups is 2. The van der Waals surface area contributed by atoms with E-state index in [4.69, 9.17) is 0 Å². The van der Waals surface area contributed by atoms with Gasteiger partial charge in [-0.3, -0.25) is 31.3 Å². The molecule has 0 aliphatic heterocycles. The third-order valence-electron chi connectivity index (χ3n) is 3.44. The van der Waals surface area contributed by atoms with Crippen LogP contribution in [0, 0.1) is 0 Å². The third-order valence-corrected chi connectivity index (χ3v) is 3.44. The van der Waals surface area contributed by atoms with E-state index in [1.54, 1.807) is 24.3 Å². The van der Waals surface area contributed by atoms with E-state index in [1.807, 2.05) is 0 Å². The van der Waals surface area contributed by atoms with Gasteiger partial charge in [0.2, 0.25) is 11.9 Å². The Morgan fingerprint density at radius 3 is 1.57 bits per heavy atom. The van der Waals surface area contributed by atoms with Crippen LogP contribution in [0.15, 0.2) is 54.9 Å². The van der Waals surface area contributed by atoms with Crippen LogP contribution >= 0.6 is 0 Å². The SMILES string of the molecule is O=C(NNc1ncnc(NNC(=O)c2ccccc2O)n1)c1ccccc1O. The van der Waals surface area contributed by atoms with Crippen LogP contribution in [-0.2, 0) is 0 Å². The van der Waals surface area contributed by atoms with Crippen LogP contribution in [0.4, 0.5) is 11.9 Å². The topological polar surface area (TPSA) is 161 Å². The Bertz CT molecular complexity index is 935. The van der Waals surface area contributed by atoms with Gasteiger partial charge in [0.25, 0.3) is 11.8 Å². The molecule has 0 radical (unpaired) electrons. The van der Waals surface area contributed by atoms with E-state index in [9.17, 15) is 19.8 Å². The van der Waals surface area contributed by atoms with Crippen LogP contribution in [0.25, 0.3) is 0 Å². The number of amides is 2. The smallest absolute Gasteiger partial charge is 0.273 e. The molecule has 1 aromatic heterocycles. The zero-order valence-electron chi connectivity index (χ0n) is 14.2. The molecule has 142 valence electrons. The van der Waals surface area contributed by atoms with Crippen molar-refractivity contribution < 1.29 is 19.8 Å². The Morgan fingerprint density at radius 1 is 0.714 bits per heavy atom. The first-order chi connectivity index (χ1) is 13.5. The van der Waals surface area contributed by atoms with E-state index in [1.165, 1.54) is 24.3 Å². The maximum atomic E-state index is 12.0.